The lowest BCUT2D eigenvalue weighted by Crippen LogP contribution is -2.13. The zero-order chi connectivity index (χ0) is 20.1. The summed E-state index contributed by atoms with van der Waals surface area (Å²) in [5, 5.41) is 5.46. The molecule has 0 radical (unpaired) electrons. The molecule has 3 rings (SSSR count). The van der Waals surface area contributed by atoms with Gasteiger partial charge in [-0.3, -0.25) is 4.79 Å². The van der Waals surface area contributed by atoms with E-state index in [0.29, 0.717) is 32.9 Å². The lowest BCUT2D eigenvalue weighted by Gasteiger charge is -2.12. The minimum absolute atomic E-state index is 0.290. The normalized spacial score (nSPS) is 10.4. The van der Waals surface area contributed by atoms with Crippen LogP contribution in [-0.2, 0) is 6.61 Å². The number of carbonyl (C=O) groups excluding carboxylic acids is 1. The van der Waals surface area contributed by atoms with Crippen LogP contribution in [-0.4, -0.2) is 25.1 Å². The molecular formula is C20H19ClN2O4S. The summed E-state index contributed by atoms with van der Waals surface area (Å²) in [6.07, 6.45) is 0. The molecule has 8 heteroatoms. The first-order chi connectivity index (χ1) is 13.5. The first-order valence-electron chi connectivity index (χ1n) is 8.37. The molecule has 1 amide bonds. The Morgan fingerprint density at radius 3 is 2.50 bits per heavy atom. The third-order valence-electron chi connectivity index (χ3n) is 3.89. The first-order valence-corrected chi connectivity index (χ1v) is 9.62. The Kier molecular flexibility index (Phi) is 6.38. The fourth-order valence-electron chi connectivity index (χ4n) is 2.40. The van der Waals surface area contributed by atoms with Gasteiger partial charge in [0.25, 0.3) is 5.91 Å². The van der Waals surface area contributed by atoms with Crippen molar-refractivity contribution < 1.29 is 19.0 Å². The van der Waals surface area contributed by atoms with Gasteiger partial charge in [-0.05, 0) is 19.1 Å². The van der Waals surface area contributed by atoms with E-state index < -0.39 is 0 Å². The summed E-state index contributed by atoms with van der Waals surface area (Å²) in [5.74, 6) is 1.33. The fourth-order valence-corrected chi connectivity index (χ4v) is 3.28. The van der Waals surface area contributed by atoms with Crippen molar-refractivity contribution >= 4 is 34.5 Å². The smallest absolute Gasteiger partial charge is 0.275 e. The standard InChI is InChI=1S/C20H19ClN2O4S/c1-12-4-6-13(7-5-12)27-10-19-22-16(11-28-19)20(24)23-15-9-18(26-3)17(25-2)8-14(15)21/h4-9,11H,10H2,1-3H3,(H,23,24). The second kappa shape index (κ2) is 8.95. The van der Waals surface area contributed by atoms with Crippen molar-refractivity contribution in [2.75, 3.05) is 19.5 Å². The molecule has 0 aliphatic heterocycles. The summed E-state index contributed by atoms with van der Waals surface area (Å²) in [5.41, 5.74) is 1.86. The van der Waals surface area contributed by atoms with E-state index in [1.807, 2.05) is 31.2 Å². The summed E-state index contributed by atoms with van der Waals surface area (Å²) in [4.78, 5) is 16.8. The fraction of sp³-hybridized carbons (Fsp3) is 0.200. The van der Waals surface area contributed by atoms with E-state index in [4.69, 9.17) is 25.8 Å². The molecule has 0 saturated heterocycles. The molecule has 1 aromatic heterocycles. The minimum Gasteiger partial charge on any atom is -0.493 e. The summed E-state index contributed by atoms with van der Waals surface area (Å²) in [7, 11) is 3.03. The SMILES string of the molecule is COc1cc(Cl)c(NC(=O)c2csc(COc3ccc(C)cc3)n2)cc1OC. The summed E-state index contributed by atoms with van der Waals surface area (Å²) >= 11 is 7.57. The number of hydrogen-bond donors (Lipinski definition) is 1. The van der Waals surface area contributed by atoms with E-state index in [1.54, 1.807) is 17.5 Å². The maximum absolute atomic E-state index is 12.5. The molecule has 2 aromatic carbocycles. The van der Waals surface area contributed by atoms with Crippen LogP contribution in [0.1, 0.15) is 21.1 Å². The molecule has 0 fully saturated rings. The van der Waals surface area contributed by atoms with Gasteiger partial charge in [0.15, 0.2) is 11.5 Å². The number of anilines is 1. The van der Waals surface area contributed by atoms with E-state index in [0.717, 1.165) is 11.3 Å². The molecule has 3 aromatic rings. The monoisotopic (exact) mass is 418 g/mol. The number of benzene rings is 2. The highest BCUT2D eigenvalue weighted by Crippen LogP contribution is 2.36. The quantitative estimate of drug-likeness (QED) is 0.587. The molecular weight excluding hydrogens is 400 g/mol. The van der Waals surface area contributed by atoms with Gasteiger partial charge in [-0.1, -0.05) is 29.3 Å². The number of rotatable bonds is 7. The highest BCUT2D eigenvalue weighted by Gasteiger charge is 2.16. The number of aryl methyl sites for hydroxylation is 1. The Balaban J connectivity index is 1.66. The number of nitrogens with one attached hydrogen (secondary N) is 1. The van der Waals surface area contributed by atoms with Crippen molar-refractivity contribution in [3.63, 3.8) is 0 Å². The molecule has 1 N–H and O–H groups in total. The van der Waals surface area contributed by atoms with Crippen molar-refractivity contribution in [1.29, 1.82) is 0 Å². The zero-order valence-electron chi connectivity index (χ0n) is 15.6. The minimum atomic E-state index is -0.369. The lowest BCUT2D eigenvalue weighted by molar-refractivity contribution is 0.102. The number of carbonyl (C=O) groups is 1. The van der Waals surface area contributed by atoms with Crippen LogP contribution in [0.3, 0.4) is 0 Å². The molecule has 146 valence electrons. The van der Waals surface area contributed by atoms with Crippen molar-refractivity contribution in [3.8, 4) is 17.2 Å². The van der Waals surface area contributed by atoms with E-state index in [2.05, 4.69) is 10.3 Å². The lowest BCUT2D eigenvalue weighted by atomic mass is 10.2. The third kappa shape index (κ3) is 4.74. The van der Waals surface area contributed by atoms with Crippen molar-refractivity contribution in [3.05, 3.63) is 63.1 Å². The van der Waals surface area contributed by atoms with E-state index >= 15 is 0 Å². The van der Waals surface area contributed by atoms with Crippen LogP contribution >= 0.6 is 22.9 Å². The average molecular weight is 419 g/mol. The number of halogens is 1. The number of aromatic nitrogens is 1. The van der Waals surface area contributed by atoms with Crippen LogP contribution in [0.15, 0.2) is 41.8 Å². The predicted octanol–water partition coefficient (Wildman–Crippen LogP) is 4.95. The van der Waals surface area contributed by atoms with Gasteiger partial charge < -0.3 is 19.5 Å². The Morgan fingerprint density at radius 1 is 1.14 bits per heavy atom. The largest absolute Gasteiger partial charge is 0.493 e. The zero-order valence-corrected chi connectivity index (χ0v) is 17.2. The van der Waals surface area contributed by atoms with Crippen LogP contribution in [0, 0.1) is 6.92 Å². The maximum atomic E-state index is 12.5. The van der Waals surface area contributed by atoms with Gasteiger partial charge in [0.1, 0.15) is 23.1 Å². The molecule has 0 aliphatic rings. The molecule has 1 heterocycles. The molecule has 0 spiro atoms. The van der Waals surface area contributed by atoms with Gasteiger partial charge in [0.2, 0.25) is 0 Å². The summed E-state index contributed by atoms with van der Waals surface area (Å²) in [6, 6.07) is 10.9. The maximum Gasteiger partial charge on any atom is 0.275 e. The van der Waals surface area contributed by atoms with Gasteiger partial charge in [0, 0.05) is 17.5 Å². The molecule has 6 nitrogen and oxygen atoms in total. The van der Waals surface area contributed by atoms with Crippen LogP contribution < -0.4 is 19.5 Å². The number of methoxy groups -OCH3 is 2. The van der Waals surface area contributed by atoms with Crippen molar-refractivity contribution in [2.45, 2.75) is 13.5 Å². The number of thiazole rings is 1. The second-order valence-electron chi connectivity index (χ2n) is 5.87. The van der Waals surface area contributed by atoms with Crippen molar-refractivity contribution in [2.24, 2.45) is 0 Å². The van der Waals surface area contributed by atoms with Crippen molar-refractivity contribution in [1.82, 2.24) is 4.98 Å². The topological polar surface area (TPSA) is 69.7 Å². The number of ether oxygens (including phenoxy) is 3. The van der Waals surface area contributed by atoms with Crippen LogP contribution in [0.5, 0.6) is 17.2 Å². The van der Waals surface area contributed by atoms with Crippen LogP contribution in [0.4, 0.5) is 5.69 Å². The Labute approximate surface area is 172 Å². The number of amides is 1. The third-order valence-corrected chi connectivity index (χ3v) is 5.02. The van der Waals surface area contributed by atoms with Gasteiger partial charge in [-0.15, -0.1) is 11.3 Å². The predicted molar refractivity (Wildman–Crippen MR) is 110 cm³/mol. The summed E-state index contributed by atoms with van der Waals surface area (Å²) < 4.78 is 16.1. The van der Waals surface area contributed by atoms with E-state index in [-0.39, 0.29) is 12.5 Å². The highest BCUT2D eigenvalue weighted by molar-refractivity contribution is 7.09. The molecule has 0 saturated carbocycles. The molecule has 0 aliphatic carbocycles. The molecule has 0 bridgehead atoms. The number of nitrogens with zero attached hydrogens (tertiary/aromatic N) is 1. The Morgan fingerprint density at radius 2 is 1.82 bits per heavy atom. The average Bonchev–Trinajstić information content (AvgIpc) is 3.18. The first kappa shape index (κ1) is 20.0. The van der Waals surface area contributed by atoms with Gasteiger partial charge in [-0.25, -0.2) is 4.98 Å². The Hall–Kier alpha value is -2.77. The summed E-state index contributed by atoms with van der Waals surface area (Å²) in [6.45, 7) is 2.30. The van der Waals surface area contributed by atoms with Gasteiger partial charge in [0.05, 0.1) is 24.9 Å². The second-order valence-corrected chi connectivity index (χ2v) is 7.22. The van der Waals surface area contributed by atoms with Crippen LogP contribution in [0.2, 0.25) is 5.02 Å². The van der Waals surface area contributed by atoms with E-state index in [1.165, 1.54) is 25.6 Å². The number of hydrogen-bond acceptors (Lipinski definition) is 6. The van der Waals surface area contributed by atoms with Gasteiger partial charge >= 0.3 is 0 Å². The molecule has 0 atom stereocenters. The Bertz CT molecular complexity index is 973. The highest BCUT2D eigenvalue weighted by atomic mass is 35.5. The molecule has 28 heavy (non-hydrogen) atoms. The molecule has 0 unspecified atom stereocenters. The van der Waals surface area contributed by atoms with E-state index in [9.17, 15) is 4.79 Å². The van der Waals surface area contributed by atoms with Crippen LogP contribution in [0.25, 0.3) is 0 Å². The van der Waals surface area contributed by atoms with Gasteiger partial charge in [-0.2, -0.15) is 0 Å².